The van der Waals surface area contributed by atoms with Gasteiger partial charge in [0.2, 0.25) is 0 Å². The van der Waals surface area contributed by atoms with E-state index in [-0.39, 0.29) is 12.1 Å². The van der Waals surface area contributed by atoms with Crippen molar-refractivity contribution in [3.8, 4) is 0 Å². The number of likely N-dealkylation sites (tertiary alicyclic amines) is 1. The van der Waals surface area contributed by atoms with Crippen LogP contribution < -0.4 is 5.32 Å². The fourth-order valence-corrected chi connectivity index (χ4v) is 3.38. The Balaban J connectivity index is 1.89. The van der Waals surface area contributed by atoms with Gasteiger partial charge >= 0.3 is 0 Å². The van der Waals surface area contributed by atoms with E-state index in [4.69, 9.17) is 4.74 Å². The van der Waals surface area contributed by atoms with Gasteiger partial charge < -0.3 is 20.1 Å². The zero-order valence-electron chi connectivity index (χ0n) is 11.8. The van der Waals surface area contributed by atoms with Gasteiger partial charge in [-0.2, -0.15) is 0 Å². The molecule has 0 aromatic heterocycles. The number of nitrogens with one attached hydrogen (secondary N) is 1. The van der Waals surface area contributed by atoms with Gasteiger partial charge in [0.25, 0.3) is 0 Å². The lowest BCUT2D eigenvalue weighted by molar-refractivity contribution is 0.0958. The minimum Gasteiger partial charge on any atom is -0.394 e. The highest BCUT2D eigenvalue weighted by Crippen LogP contribution is 2.40. The van der Waals surface area contributed by atoms with Gasteiger partial charge in [-0.15, -0.1) is 0 Å². The summed E-state index contributed by atoms with van der Waals surface area (Å²) < 4.78 is 5.25. The predicted molar refractivity (Wildman–Crippen MR) is 72.6 cm³/mol. The molecule has 2 aliphatic rings. The molecular formula is C14H28N2O2. The van der Waals surface area contributed by atoms with Gasteiger partial charge in [-0.05, 0) is 44.2 Å². The maximum absolute atomic E-state index is 9.83. The van der Waals surface area contributed by atoms with Crippen molar-refractivity contribution in [2.75, 3.05) is 46.5 Å². The molecule has 0 aromatic rings. The van der Waals surface area contributed by atoms with Gasteiger partial charge in [0.15, 0.2) is 0 Å². The van der Waals surface area contributed by atoms with Crippen LogP contribution in [0.5, 0.6) is 0 Å². The molecule has 2 unspecified atom stereocenters. The number of ether oxygens (including phenoxy) is 1. The summed E-state index contributed by atoms with van der Waals surface area (Å²) in [7, 11) is 1.78. The van der Waals surface area contributed by atoms with Gasteiger partial charge in [0.1, 0.15) is 0 Å². The summed E-state index contributed by atoms with van der Waals surface area (Å²) in [4.78, 5) is 2.50. The number of hydrogen-bond acceptors (Lipinski definition) is 4. The first kappa shape index (κ1) is 14.3. The zero-order valence-corrected chi connectivity index (χ0v) is 11.8. The first-order chi connectivity index (χ1) is 8.74. The minimum atomic E-state index is -0.0588. The quantitative estimate of drug-likeness (QED) is 0.671. The number of methoxy groups -OCH3 is 1. The molecule has 2 N–H and O–H groups in total. The third kappa shape index (κ3) is 3.23. The van der Waals surface area contributed by atoms with E-state index in [1.54, 1.807) is 7.11 Å². The molecule has 0 spiro atoms. The SMILES string of the molecule is CCNC(CO)(CN1CCC(COC)C1)C1CC1. The van der Waals surface area contributed by atoms with Crippen molar-refractivity contribution in [1.82, 2.24) is 10.2 Å². The average molecular weight is 256 g/mol. The molecule has 0 radical (unpaired) electrons. The van der Waals surface area contributed by atoms with E-state index < -0.39 is 0 Å². The van der Waals surface area contributed by atoms with Crippen LogP contribution in [0.4, 0.5) is 0 Å². The third-order valence-corrected chi connectivity index (χ3v) is 4.45. The number of hydrogen-bond donors (Lipinski definition) is 2. The lowest BCUT2D eigenvalue weighted by atomic mass is 9.93. The molecule has 1 saturated heterocycles. The smallest absolute Gasteiger partial charge is 0.0628 e. The van der Waals surface area contributed by atoms with E-state index in [1.165, 1.54) is 19.3 Å². The van der Waals surface area contributed by atoms with Crippen molar-refractivity contribution < 1.29 is 9.84 Å². The normalized spacial score (nSPS) is 28.5. The Morgan fingerprint density at radius 2 is 2.17 bits per heavy atom. The van der Waals surface area contributed by atoms with Crippen LogP contribution in [0, 0.1) is 11.8 Å². The Labute approximate surface area is 111 Å². The average Bonchev–Trinajstić information content (AvgIpc) is 3.13. The maximum Gasteiger partial charge on any atom is 0.0628 e. The molecule has 0 bridgehead atoms. The topological polar surface area (TPSA) is 44.7 Å². The van der Waals surface area contributed by atoms with Crippen LogP contribution in [0.15, 0.2) is 0 Å². The second kappa shape index (κ2) is 6.33. The molecule has 4 nitrogen and oxygen atoms in total. The largest absolute Gasteiger partial charge is 0.394 e. The molecule has 1 aliphatic heterocycles. The van der Waals surface area contributed by atoms with E-state index in [1.807, 2.05) is 0 Å². The van der Waals surface area contributed by atoms with Crippen molar-refractivity contribution >= 4 is 0 Å². The van der Waals surface area contributed by atoms with E-state index in [0.29, 0.717) is 11.8 Å². The Bertz CT molecular complexity index is 258. The summed E-state index contributed by atoms with van der Waals surface area (Å²) in [5.74, 6) is 1.34. The minimum absolute atomic E-state index is 0.0588. The summed E-state index contributed by atoms with van der Waals surface area (Å²) >= 11 is 0. The molecule has 2 rings (SSSR count). The van der Waals surface area contributed by atoms with Gasteiger partial charge in [0, 0.05) is 20.2 Å². The van der Waals surface area contributed by atoms with Crippen molar-refractivity contribution in [3.63, 3.8) is 0 Å². The van der Waals surface area contributed by atoms with Crippen molar-refractivity contribution in [1.29, 1.82) is 0 Å². The highest BCUT2D eigenvalue weighted by Gasteiger charge is 2.45. The van der Waals surface area contributed by atoms with Crippen LogP contribution >= 0.6 is 0 Å². The summed E-state index contributed by atoms with van der Waals surface area (Å²) in [5.41, 5.74) is -0.0588. The first-order valence-corrected chi connectivity index (χ1v) is 7.31. The second-order valence-corrected chi connectivity index (χ2v) is 5.96. The van der Waals surface area contributed by atoms with Gasteiger partial charge in [-0.3, -0.25) is 0 Å². The van der Waals surface area contributed by atoms with E-state index in [2.05, 4.69) is 17.1 Å². The Morgan fingerprint density at radius 1 is 1.39 bits per heavy atom. The zero-order chi connectivity index (χ0) is 13.0. The molecule has 1 heterocycles. The molecule has 1 saturated carbocycles. The fourth-order valence-electron chi connectivity index (χ4n) is 3.38. The number of nitrogens with zero attached hydrogens (tertiary/aromatic N) is 1. The Hall–Kier alpha value is -0.160. The van der Waals surface area contributed by atoms with E-state index in [0.717, 1.165) is 32.8 Å². The first-order valence-electron chi connectivity index (χ1n) is 7.31. The fraction of sp³-hybridized carbons (Fsp3) is 1.00. The van der Waals surface area contributed by atoms with E-state index >= 15 is 0 Å². The highest BCUT2D eigenvalue weighted by molar-refractivity contribution is 5.03. The summed E-state index contributed by atoms with van der Waals surface area (Å²) in [6.07, 6.45) is 3.76. The summed E-state index contributed by atoms with van der Waals surface area (Å²) in [6, 6.07) is 0. The van der Waals surface area contributed by atoms with Crippen LogP contribution in [0.1, 0.15) is 26.2 Å². The molecule has 18 heavy (non-hydrogen) atoms. The van der Waals surface area contributed by atoms with Crippen LogP contribution in [0.25, 0.3) is 0 Å². The van der Waals surface area contributed by atoms with Crippen molar-refractivity contribution in [2.24, 2.45) is 11.8 Å². The number of aliphatic hydroxyl groups is 1. The van der Waals surface area contributed by atoms with E-state index in [9.17, 15) is 5.11 Å². The van der Waals surface area contributed by atoms with Gasteiger partial charge in [0.05, 0.1) is 18.8 Å². The Kier molecular flexibility index (Phi) is 5.01. The lowest BCUT2D eigenvalue weighted by Gasteiger charge is -2.37. The second-order valence-electron chi connectivity index (χ2n) is 5.96. The standard InChI is InChI=1S/C14H28N2O2/c1-3-15-14(11-17,13-4-5-13)10-16-7-6-12(8-16)9-18-2/h12-13,15,17H,3-11H2,1-2H3. The maximum atomic E-state index is 9.83. The monoisotopic (exact) mass is 256 g/mol. The number of aliphatic hydroxyl groups excluding tert-OH is 1. The number of likely N-dealkylation sites (N-methyl/N-ethyl adjacent to an activating group) is 1. The third-order valence-electron chi connectivity index (χ3n) is 4.45. The van der Waals surface area contributed by atoms with Crippen LogP contribution in [0.3, 0.4) is 0 Å². The predicted octanol–water partition coefficient (Wildman–Crippen LogP) is 0.705. The van der Waals surface area contributed by atoms with Crippen molar-refractivity contribution in [3.05, 3.63) is 0 Å². The van der Waals surface area contributed by atoms with Crippen molar-refractivity contribution in [2.45, 2.75) is 31.7 Å². The van der Waals surface area contributed by atoms with Crippen LogP contribution in [-0.2, 0) is 4.74 Å². The lowest BCUT2D eigenvalue weighted by Crippen LogP contribution is -2.57. The molecule has 1 aliphatic carbocycles. The molecule has 0 aromatic carbocycles. The van der Waals surface area contributed by atoms with Crippen LogP contribution in [0.2, 0.25) is 0 Å². The molecular weight excluding hydrogens is 228 g/mol. The number of rotatable bonds is 8. The van der Waals surface area contributed by atoms with Gasteiger partial charge in [-0.25, -0.2) is 0 Å². The molecule has 2 fully saturated rings. The summed E-state index contributed by atoms with van der Waals surface area (Å²) in [6.45, 7) is 7.45. The Morgan fingerprint density at radius 3 is 2.72 bits per heavy atom. The highest BCUT2D eigenvalue weighted by atomic mass is 16.5. The molecule has 106 valence electrons. The van der Waals surface area contributed by atoms with Crippen LogP contribution in [-0.4, -0.2) is 62.0 Å². The molecule has 2 atom stereocenters. The van der Waals surface area contributed by atoms with Gasteiger partial charge in [-0.1, -0.05) is 6.92 Å². The summed E-state index contributed by atoms with van der Waals surface area (Å²) in [5, 5.41) is 13.4. The molecule has 0 amide bonds. The molecule has 4 heteroatoms.